The van der Waals surface area contributed by atoms with E-state index >= 15 is 0 Å². The molecule has 0 aliphatic carbocycles. The molecular weight excluding hydrogens is 266 g/mol. The lowest BCUT2D eigenvalue weighted by molar-refractivity contribution is -0.119. The number of carbonyl (C=O) groups excluding carboxylic acids is 1. The van der Waals surface area contributed by atoms with Crippen molar-refractivity contribution < 1.29 is 14.6 Å². The van der Waals surface area contributed by atoms with Gasteiger partial charge in [0.15, 0.2) is 0 Å². The summed E-state index contributed by atoms with van der Waals surface area (Å²) in [6.07, 6.45) is 4.14. The van der Waals surface area contributed by atoms with Crippen molar-refractivity contribution >= 4 is 11.6 Å². The van der Waals surface area contributed by atoms with Crippen molar-refractivity contribution in [1.29, 1.82) is 0 Å². The molecule has 0 bridgehead atoms. The molecule has 112 valence electrons. The van der Waals surface area contributed by atoms with Crippen LogP contribution < -0.4 is 5.32 Å². The van der Waals surface area contributed by atoms with E-state index in [0.717, 1.165) is 37.1 Å². The first-order chi connectivity index (χ1) is 10.3. The Balaban J connectivity index is 1.82. The molecule has 0 radical (unpaired) electrons. The summed E-state index contributed by atoms with van der Waals surface area (Å²) in [4.78, 5) is 11.9. The van der Waals surface area contributed by atoms with Crippen LogP contribution in [0.15, 0.2) is 24.3 Å². The van der Waals surface area contributed by atoms with E-state index in [1.54, 1.807) is 0 Å². The van der Waals surface area contributed by atoms with Crippen LogP contribution in [0.1, 0.15) is 37.7 Å². The van der Waals surface area contributed by atoms with Crippen LogP contribution in [0.2, 0.25) is 0 Å². The molecule has 1 unspecified atom stereocenters. The predicted octanol–water partition coefficient (Wildman–Crippen LogP) is 2.32. The van der Waals surface area contributed by atoms with Crippen molar-refractivity contribution in [3.63, 3.8) is 0 Å². The van der Waals surface area contributed by atoms with Gasteiger partial charge in [0.1, 0.15) is 0 Å². The Morgan fingerprint density at radius 3 is 2.81 bits per heavy atom. The van der Waals surface area contributed by atoms with E-state index in [1.165, 1.54) is 0 Å². The molecule has 0 aromatic heterocycles. The molecule has 1 heterocycles. The average Bonchev–Trinajstić information content (AvgIpc) is 2.50. The third kappa shape index (κ3) is 5.58. The van der Waals surface area contributed by atoms with Crippen molar-refractivity contribution in [2.45, 2.75) is 38.2 Å². The maximum Gasteiger partial charge on any atom is 0.226 e. The summed E-state index contributed by atoms with van der Waals surface area (Å²) in [5, 5.41) is 11.5. The second-order valence-corrected chi connectivity index (χ2v) is 5.09. The van der Waals surface area contributed by atoms with Gasteiger partial charge < -0.3 is 15.2 Å². The Morgan fingerprint density at radius 2 is 2.14 bits per heavy atom. The monoisotopic (exact) mass is 287 g/mol. The highest BCUT2D eigenvalue weighted by molar-refractivity contribution is 5.91. The molecular formula is C17H21NO3. The Kier molecular flexibility index (Phi) is 6.26. The number of amides is 1. The third-order valence-electron chi connectivity index (χ3n) is 3.33. The van der Waals surface area contributed by atoms with Crippen LogP contribution in [-0.2, 0) is 9.53 Å². The molecule has 1 aromatic rings. The second-order valence-electron chi connectivity index (χ2n) is 5.09. The summed E-state index contributed by atoms with van der Waals surface area (Å²) in [6.45, 7) is 0.837. The molecule has 1 aromatic carbocycles. The van der Waals surface area contributed by atoms with Gasteiger partial charge in [-0.1, -0.05) is 11.8 Å². The Morgan fingerprint density at radius 1 is 1.33 bits per heavy atom. The predicted molar refractivity (Wildman–Crippen MR) is 81.9 cm³/mol. The van der Waals surface area contributed by atoms with Crippen molar-refractivity contribution in [2.24, 2.45) is 0 Å². The maximum absolute atomic E-state index is 11.9. The minimum Gasteiger partial charge on any atom is -0.395 e. The molecule has 1 atom stereocenters. The number of carbonyl (C=O) groups is 1. The summed E-state index contributed by atoms with van der Waals surface area (Å²) < 4.78 is 5.56. The van der Waals surface area contributed by atoms with E-state index in [-0.39, 0.29) is 18.6 Å². The number of anilines is 1. The maximum atomic E-state index is 11.9. The first-order valence-corrected chi connectivity index (χ1v) is 7.39. The molecule has 1 aliphatic rings. The van der Waals surface area contributed by atoms with Crippen LogP contribution in [0.5, 0.6) is 0 Å². The highest BCUT2D eigenvalue weighted by atomic mass is 16.5. The minimum atomic E-state index is -0.0129. The van der Waals surface area contributed by atoms with E-state index < -0.39 is 0 Å². The molecule has 0 saturated carbocycles. The van der Waals surface area contributed by atoms with Gasteiger partial charge in [0.25, 0.3) is 0 Å². The first-order valence-electron chi connectivity index (χ1n) is 7.39. The number of aliphatic hydroxyl groups excluding tert-OH is 1. The summed E-state index contributed by atoms with van der Waals surface area (Å²) in [5.74, 6) is 5.80. The number of hydrogen-bond donors (Lipinski definition) is 2. The number of benzene rings is 1. The van der Waals surface area contributed by atoms with Gasteiger partial charge in [-0.05, 0) is 43.5 Å². The normalized spacial score (nSPS) is 17.7. The molecule has 1 aliphatic heterocycles. The van der Waals surface area contributed by atoms with Gasteiger partial charge in [-0.15, -0.1) is 0 Å². The van der Waals surface area contributed by atoms with E-state index in [2.05, 4.69) is 17.2 Å². The van der Waals surface area contributed by atoms with Crippen LogP contribution in [0.4, 0.5) is 5.69 Å². The summed E-state index contributed by atoms with van der Waals surface area (Å²) in [6, 6.07) is 7.39. The third-order valence-corrected chi connectivity index (χ3v) is 3.33. The highest BCUT2D eigenvalue weighted by Crippen LogP contribution is 2.17. The van der Waals surface area contributed by atoms with E-state index in [4.69, 9.17) is 9.84 Å². The number of aliphatic hydroxyl groups is 1. The van der Waals surface area contributed by atoms with E-state index in [9.17, 15) is 4.79 Å². The quantitative estimate of drug-likeness (QED) is 0.836. The molecule has 21 heavy (non-hydrogen) atoms. The summed E-state index contributed by atoms with van der Waals surface area (Å²) in [7, 11) is 0. The van der Waals surface area contributed by atoms with Gasteiger partial charge in [0.2, 0.25) is 5.91 Å². The molecule has 1 saturated heterocycles. The number of ether oxygens (including phenoxy) is 1. The smallest absolute Gasteiger partial charge is 0.226 e. The second kappa shape index (κ2) is 8.46. The average molecular weight is 287 g/mol. The Labute approximate surface area is 125 Å². The lowest BCUT2D eigenvalue weighted by Crippen LogP contribution is -2.25. The van der Waals surface area contributed by atoms with E-state index in [0.29, 0.717) is 12.8 Å². The van der Waals surface area contributed by atoms with Crippen LogP contribution >= 0.6 is 0 Å². The van der Waals surface area contributed by atoms with Gasteiger partial charge in [-0.2, -0.15) is 0 Å². The van der Waals surface area contributed by atoms with Crippen LogP contribution in [0.3, 0.4) is 0 Å². The zero-order valence-corrected chi connectivity index (χ0v) is 12.1. The molecule has 1 amide bonds. The topological polar surface area (TPSA) is 58.6 Å². The van der Waals surface area contributed by atoms with Crippen LogP contribution in [0, 0.1) is 11.8 Å². The van der Waals surface area contributed by atoms with E-state index in [1.807, 2.05) is 24.3 Å². The number of rotatable bonds is 4. The fraction of sp³-hybridized carbons (Fsp3) is 0.471. The van der Waals surface area contributed by atoms with Gasteiger partial charge in [-0.3, -0.25) is 4.79 Å². The van der Waals surface area contributed by atoms with Crippen molar-refractivity contribution in [3.05, 3.63) is 29.8 Å². The lowest BCUT2D eigenvalue weighted by atomic mass is 10.1. The molecule has 4 heteroatoms. The van der Waals surface area contributed by atoms with Crippen molar-refractivity contribution in [1.82, 2.24) is 0 Å². The fourth-order valence-corrected chi connectivity index (χ4v) is 2.24. The molecule has 4 nitrogen and oxygen atoms in total. The molecule has 2 N–H and O–H groups in total. The molecule has 2 rings (SSSR count). The minimum absolute atomic E-state index is 0.0129. The number of hydrogen-bond acceptors (Lipinski definition) is 3. The summed E-state index contributed by atoms with van der Waals surface area (Å²) >= 11 is 0. The standard InChI is InChI=1S/C17H21NO3/c19-11-3-1-5-14-7-9-15(10-8-14)18-17(20)13-16-6-2-4-12-21-16/h7-10,16,19H,2-4,6,11-13H2,(H,18,20). The fourth-order valence-electron chi connectivity index (χ4n) is 2.24. The van der Waals surface area contributed by atoms with Gasteiger partial charge in [-0.25, -0.2) is 0 Å². The van der Waals surface area contributed by atoms with Gasteiger partial charge >= 0.3 is 0 Å². The van der Waals surface area contributed by atoms with Crippen LogP contribution in [-0.4, -0.2) is 30.3 Å². The Bertz CT molecular complexity index is 507. The lowest BCUT2D eigenvalue weighted by Gasteiger charge is -2.21. The highest BCUT2D eigenvalue weighted by Gasteiger charge is 2.17. The molecule has 1 fully saturated rings. The van der Waals surface area contributed by atoms with Crippen LogP contribution in [0.25, 0.3) is 0 Å². The largest absolute Gasteiger partial charge is 0.395 e. The first kappa shape index (κ1) is 15.6. The zero-order valence-electron chi connectivity index (χ0n) is 12.1. The van der Waals surface area contributed by atoms with Gasteiger partial charge in [0, 0.05) is 24.3 Å². The van der Waals surface area contributed by atoms with Gasteiger partial charge in [0.05, 0.1) is 19.1 Å². The SMILES string of the molecule is O=C(CC1CCCCO1)Nc1ccc(C#CCCO)cc1. The Hall–Kier alpha value is -1.83. The van der Waals surface area contributed by atoms with Crippen molar-refractivity contribution in [3.8, 4) is 11.8 Å². The molecule has 0 spiro atoms. The number of nitrogens with one attached hydrogen (secondary N) is 1. The summed E-state index contributed by atoms with van der Waals surface area (Å²) in [5.41, 5.74) is 1.64. The van der Waals surface area contributed by atoms with Crippen molar-refractivity contribution in [2.75, 3.05) is 18.5 Å². The zero-order chi connectivity index (χ0) is 14.9.